The van der Waals surface area contributed by atoms with Crippen LogP contribution in [0.25, 0.3) is 0 Å². The summed E-state index contributed by atoms with van der Waals surface area (Å²) < 4.78 is 21.5. The first kappa shape index (κ1) is 9.39. The lowest BCUT2D eigenvalue weighted by molar-refractivity contribution is -0.00490. The summed E-state index contributed by atoms with van der Waals surface area (Å²) >= 11 is 0. The monoisotopic (exact) mass is 220 g/mol. The molecule has 3 rings (SSSR count). The van der Waals surface area contributed by atoms with E-state index in [0.29, 0.717) is 0 Å². The average Bonchev–Trinajstić information content (AvgIpc) is 2.86. The zero-order valence-electron chi connectivity index (χ0n) is 9.10. The Labute approximate surface area is 93.4 Å². The maximum absolute atomic E-state index is 5.67. The predicted octanol–water partition coefficient (Wildman–Crippen LogP) is 2.05. The molecule has 2 heterocycles. The minimum Gasteiger partial charge on any atom is -0.496 e. The fourth-order valence-electron chi connectivity index (χ4n) is 2.13. The van der Waals surface area contributed by atoms with Crippen LogP contribution in [0.5, 0.6) is 17.2 Å². The molecule has 1 aromatic carbocycles. The highest BCUT2D eigenvalue weighted by Crippen LogP contribution is 2.48. The van der Waals surface area contributed by atoms with Crippen LogP contribution in [0.2, 0.25) is 0 Å². The molecule has 0 radical (unpaired) electrons. The molecular weight excluding hydrogens is 208 g/mol. The van der Waals surface area contributed by atoms with Crippen LogP contribution in [0.1, 0.15) is 11.5 Å². The normalized spacial score (nSPS) is 24.4. The highest BCUT2D eigenvalue weighted by atomic mass is 16.7. The predicted molar refractivity (Wildman–Crippen MR) is 56.9 cm³/mol. The molecule has 0 spiro atoms. The summed E-state index contributed by atoms with van der Waals surface area (Å²) in [5.41, 5.74) is 1.03. The van der Waals surface area contributed by atoms with Crippen molar-refractivity contribution in [2.24, 2.45) is 0 Å². The lowest BCUT2D eigenvalue weighted by Crippen LogP contribution is -2.14. The molecule has 4 nitrogen and oxygen atoms in total. The molecule has 4 heteroatoms. The van der Waals surface area contributed by atoms with Crippen molar-refractivity contribution >= 4 is 0 Å². The molecule has 2 aliphatic heterocycles. The van der Waals surface area contributed by atoms with E-state index in [1.54, 1.807) is 20.5 Å². The third-order valence-electron chi connectivity index (χ3n) is 2.90. The van der Waals surface area contributed by atoms with Crippen LogP contribution in [0.15, 0.2) is 24.5 Å². The van der Waals surface area contributed by atoms with Crippen LogP contribution in [-0.2, 0) is 4.74 Å². The molecule has 2 aliphatic rings. The third kappa shape index (κ3) is 1.16. The quantitative estimate of drug-likeness (QED) is 0.764. The van der Waals surface area contributed by atoms with E-state index in [2.05, 4.69) is 0 Å². The Hall–Kier alpha value is -1.84. The van der Waals surface area contributed by atoms with Crippen molar-refractivity contribution in [2.75, 3.05) is 14.2 Å². The van der Waals surface area contributed by atoms with Gasteiger partial charge >= 0.3 is 0 Å². The highest BCUT2D eigenvalue weighted by Gasteiger charge is 2.39. The smallest absolute Gasteiger partial charge is 0.250 e. The summed E-state index contributed by atoms with van der Waals surface area (Å²) in [5.74, 6) is 2.39. The van der Waals surface area contributed by atoms with E-state index in [-0.39, 0.29) is 12.2 Å². The van der Waals surface area contributed by atoms with Gasteiger partial charge in [0.25, 0.3) is 6.29 Å². The Morgan fingerprint density at radius 2 is 2.06 bits per heavy atom. The van der Waals surface area contributed by atoms with Gasteiger partial charge in [-0.25, -0.2) is 0 Å². The van der Waals surface area contributed by atoms with E-state index >= 15 is 0 Å². The molecule has 0 amide bonds. The summed E-state index contributed by atoms with van der Waals surface area (Å²) in [7, 11) is 3.26. The zero-order chi connectivity index (χ0) is 11.1. The van der Waals surface area contributed by atoms with E-state index in [1.807, 2.05) is 18.2 Å². The first-order valence-corrected chi connectivity index (χ1v) is 5.08. The summed E-state index contributed by atoms with van der Waals surface area (Å²) in [6, 6.07) is 3.71. The van der Waals surface area contributed by atoms with Crippen LogP contribution < -0.4 is 14.2 Å². The van der Waals surface area contributed by atoms with Gasteiger partial charge in [0.2, 0.25) is 0 Å². The molecule has 0 aromatic heterocycles. The average molecular weight is 220 g/mol. The first-order chi connectivity index (χ1) is 7.83. The number of methoxy groups -OCH3 is 2. The first-order valence-electron chi connectivity index (χ1n) is 5.08. The van der Waals surface area contributed by atoms with Crippen molar-refractivity contribution in [2.45, 2.75) is 12.2 Å². The van der Waals surface area contributed by atoms with Crippen molar-refractivity contribution in [1.82, 2.24) is 0 Å². The van der Waals surface area contributed by atoms with Crippen molar-refractivity contribution in [3.05, 3.63) is 30.0 Å². The molecule has 0 unspecified atom stereocenters. The van der Waals surface area contributed by atoms with Crippen molar-refractivity contribution in [1.29, 1.82) is 0 Å². The highest BCUT2D eigenvalue weighted by molar-refractivity contribution is 5.56. The minimum atomic E-state index is -0.254. The SMILES string of the molecule is COc1cc(OC)c2c(c1)O[C@H]1OC=C[C@@H]21. The number of hydrogen-bond donors (Lipinski definition) is 0. The molecule has 0 N–H and O–H groups in total. The van der Waals surface area contributed by atoms with E-state index in [1.165, 1.54) is 0 Å². The van der Waals surface area contributed by atoms with Crippen LogP contribution in [0.3, 0.4) is 0 Å². The number of ether oxygens (including phenoxy) is 4. The van der Waals surface area contributed by atoms with Gasteiger partial charge in [-0.05, 0) is 6.08 Å². The maximum Gasteiger partial charge on any atom is 0.250 e. The van der Waals surface area contributed by atoms with Crippen LogP contribution in [0, 0.1) is 0 Å². The Morgan fingerprint density at radius 1 is 1.19 bits per heavy atom. The Kier molecular flexibility index (Phi) is 1.96. The second-order valence-electron chi connectivity index (χ2n) is 3.72. The van der Waals surface area contributed by atoms with Crippen LogP contribution in [0.4, 0.5) is 0 Å². The van der Waals surface area contributed by atoms with Crippen molar-refractivity contribution in [3.63, 3.8) is 0 Å². The van der Waals surface area contributed by atoms with Crippen LogP contribution >= 0.6 is 0 Å². The summed E-state index contributed by atoms with van der Waals surface area (Å²) in [5, 5.41) is 0. The summed E-state index contributed by atoms with van der Waals surface area (Å²) in [4.78, 5) is 0. The van der Waals surface area contributed by atoms with Crippen molar-refractivity contribution in [3.8, 4) is 17.2 Å². The fourth-order valence-corrected chi connectivity index (χ4v) is 2.13. The van der Waals surface area contributed by atoms with Gasteiger partial charge in [0.15, 0.2) is 0 Å². The van der Waals surface area contributed by atoms with Crippen molar-refractivity contribution < 1.29 is 18.9 Å². The van der Waals surface area contributed by atoms with E-state index in [4.69, 9.17) is 18.9 Å². The Morgan fingerprint density at radius 3 is 2.81 bits per heavy atom. The molecule has 0 bridgehead atoms. The van der Waals surface area contributed by atoms with Gasteiger partial charge in [-0.1, -0.05) is 0 Å². The fraction of sp³-hybridized carbons (Fsp3) is 0.333. The third-order valence-corrected chi connectivity index (χ3v) is 2.90. The molecular formula is C12H12O4. The van der Waals surface area contributed by atoms with Gasteiger partial charge in [0, 0.05) is 12.1 Å². The molecule has 16 heavy (non-hydrogen) atoms. The standard InChI is InChI=1S/C12H12O4/c1-13-7-5-9(14-2)11-8-3-4-15-12(8)16-10(11)6-7/h3-6,8,12H,1-2H3/t8-,12+/m0/s1. The molecule has 0 saturated carbocycles. The zero-order valence-corrected chi connectivity index (χ0v) is 9.10. The van der Waals surface area contributed by atoms with Gasteiger partial charge in [0.05, 0.1) is 32.0 Å². The van der Waals surface area contributed by atoms with Gasteiger partial charge in [-0.15, -0.1) is 0 Å². The second kappa shape index (κ2) is 3.33. The minimum absolute atomic E-state index is 0.121. The summed E-state index contributed by atoms with van der Waals surface area (Å²) in [6.45, 7) is 0. The maximum atomic E-state index is 5.67. The largest absolute Gasteiger partial charge is 0.496 e. The van der Waals surface area contributed by atoms with Gasteiger partial charge in [-0.2, -0.15) is 0 Å². The Bertz CT molecular complexity index is 453. The lowest BCUT2D eigenvalue weighted by Gasteiger charge is -2.09. The lowest BCUT2D eigenvalue weighted by atomic mass is 10.00. The molecule has 84 valence electrons. The molecule has 0 saturated heterocycles. The second-order valence-corrected chi connectivity index (χ2v) is 3.72. The van der Waals surface area contributed by atoms with Crippen LogP contribution in [-0.4, -0.2) is 20.5 Å². The summed E-state index contributed by atoms with van der Waals surface area (Å²) in [6.07, 6.45) is 3.39. The van der Waals surface area contributed by atoms with E-state index in [9.17, 15) is 0 Å². The van der Waals surface area contributed by atoms with Gasteiger partial charge in [0.1, 0.15) is 17.2 Å². The number of hydrogen-bond acceptors (Lipinski definition) is 4. The molecule has 0 fully saturated rings. The molecule has 0 aliphatic carbocycles. The van der Waals surface area contributed by atoms with Gasteiger partial charge < -0.3 is 18.9 Å². The van der Waals surface area contributed by atoms with E-state index in [0.717, 1.165) is 22.8 Å². The number of rotatable bonds is 2. The number of fused-ring (bicyclic) bond motifs is 3. The number of benzene rings is 1. The topological polar surface area (TPSA) is 36.9 Å². The molecule has 2 atom stereocenters. The van der Waals surface area contributed by atoms with E-state index < -0.39 is 0 Å². The molecule has 1 aromatic rings. The van der Waals surface area contributed by atoms with Gasteiger partial charge in [-0.3, -0.25) is 0 Å². The Balaban J connectivity index is 2.13.